The lowest BCUT2D eigenvalue weighted by atomic mass is 9.83. The minimum absolute atomic E-state index is 0.227. The third kappa shape index (κ3) is 5.49. The topological polar surface area (TPSA) is 92.4 Å². The Labute approximate surface area is 231 Å². The predicted molar refractivity (Wildman–Crippen MR) is 147 cm³/mol. The molecule has 0 saturated heterocycles. The zero-order valence-electron chi connectivity index (χ0n) is 22.1. The molecule has 0 amide bonds. The van der Waals surface area contributed by atoms with E-state index in [4.69, 9.17) is 11.6 Å². The number of rotatable bonds is 7. The van der Waals surface area contributed by atoms with Crippen LogP contribution in [0.5, 0.6) is 0 Å². The lowest BCUT2D eigenvalue weighted by molar-refractivity contribution is 0.0740. The van der Waals surface area contributed by atoms with Crippen LogP contribution >= 0.6 is 11.6 Å². The molecule has 206 valence electrons. The van der Waals surface area contributed by atoms with Crippen LogP contribution in [0.3, 0.4) is 0 Å². The van der Waals surface area contributed by atoms with Gasteiger partial charge in [0, 0.05) is 23.6 Å². The number of halogens is 3. The van der Waals surface area contributed by atoms with E-state index in [2.05, 4.69) is 4.98 Å². The number of sulfone groups is 1. The number of nitrogens with zero attached hydrogens (tertiary/aromatic N) is 2. The van der Waals surface area contributed by atoms with Gasteiger partial charge in [0.25, 0.3) is 0 Å². The summed E-state index contributed by atoms with van der Waals surface area (Å²) >= 11 is 6.73. The average molecular weight is 575 g/mol. The molecule has 0 spiro atoms. The third-order valence-electron chi connectivity index (χ3n) is 6.69. The van der Waals surface area contributed by atoms with E-state index in [0.717, 1.165) is 12.3 Å². The molecule has 0 aliphatic heterocycles. The number of benzene rings is 3. The molecule has 3 aromatic carbocycles. The van der Waals surface area contributed by atoms with Crippen LogP contribution in [0.25, 0.3) is 16.8 Å². The van der Waals surface area contributed by atoms with Gasteiger partial charge in [-0.2, -0.15) is 0 Å². The summed E-state index contributed by atoms with van der Waals surface area (Å²) in [5.74, 6) is -0.829. The molecule has 0 saturated carbocycles. The Hall–Kier alpha value is -3.11. The Balaban J connectivity index is 1.90. The fourth-order valence-electron chi connectivity index (χ4n) is 4.53. The molecule has 0 fully saturated rings. The minimum atomic E-state index is -3.82. The first-order valence-corrected chi connectivity index (χ1v) is 14.3. The van der Waals surface area contributed by atoms with E-state index in [0.29, 0.717) is 28.3 Å². The fourth-order valence-corrected chi connectivity index (χ4v) is 5.75. The molecule has 0 aliphatic rings. The zero-order chi connectivity index (χ0) is 28.9. The van der Waals surface area contributed by atoms with Crippen molar-refractivity contribution < 1.29 is 27.4 Å². The third-order valence-corrected chi connectivity index (χ3v) is 8.16. The molecule has 0 aliphatic carbocycles. The van der Waals surface area contributed by atoms with E-state index in [1.807, 2.05) is 13.8 Å². The van der Waals surface area contributed by atoms with Crippen LogP contribution in [0.2, 0.25) is 5.02 Å². The van der Waals surface area contributed by atoms with Gasteiger partial charge in [-0.25, -0.2) is 22.2 Å². The molecule has 4 aromatic rings. The van der Waals surface area contributed by atoms with E-state index >= 15 is 0 Å². The van der Waals surface area contributed by atoms with Gasteiger partial charge >= 0.3 is 0 Å². The molecular weight excluding hydrogens is 546 g/mol. The van der Waals surface area contributed by atoms with Crippen molar-refractivity contribution in [1.82, 2.24) is 9.55 Å². The van der Waals surface area contributed by atoms with Gasteiger partial charge in [-0.05, 0) is 69.2 Å². The van der Waals surface area contributed by atoms with E-state index in [-0.39, 0.29) is 21.0 Å². The maximum absolute atomic E-state index is 14.9. The molecular formula is C29H29ClF2N2O4S. The molecule has 0 atom stereocenters. The van der Waals surface area contributed by atoms with Gasteiger partial charge in [-0.1, -0.05) is 35.9 Å². The number of imidazole rings is 1. The summed E-state index contributed by atoms with van der Waals surface area (Å²) in [6.07, 6.45) is 2.58. The molecule has 0 unspecified atom stereocenters. The van der Waals surface area contributed by atoms with E-state index < -0.39 is 39.1 Å². The maximum atomic E-state index is 14.9. The van der Waals surface area contributed by atoms with Crippen LogP contribution in [-0.4, -0.2) is 34.4 Å². The molecule has 6 nitrogen and oxygen atoms in total. The standard InChI is InChI=1S/C29H29ClF2N2O4S/c1-28(2,20-8-6-7-9-22(20)31)27-33-26(29(3,4)36)15-34(27)24-11-10-17(12-21(24)30)18-13-23(32)19(16-35)25(14-18)39(5,37)38/h6-15,35-36H,16H2,1-5H3. The van der Waals surface area contributed by atoms with Crippen LogP contribution in [0, 0.1) is 11.6 Å². The van der Waals surface area contributed by atoms with Gasteiger partial charge in [0.05, 0.1) is 33.3 Å². The number of aromatic nitrogens is 2. The molecule has 1 heterocycles. The Morgan fingerprint density at radius 1 is 0.974 bits per heavy atom. The first-order valence-electron chi connectivity index (χ1n) is 12.1. The quantitative estimate of drug-likeness (QED) is 0.286. The lowest BCUT2D eigenvalue weighted by Gasteiger charge is -2.26. The van der Waals surface area contributed by atoms with Crippen molar-refractivity contribution in [3.63, 3.8) is 0 Å². The largest absolute Gasteiger partial charge is 0.392 e. The van der Waals surface area contributed by atoms with Crippen LogP contribution in [-0.2, 0) is 27.5 Å². The van der Waals surface area contributed by atoms with Gasteiger partial charge in [0.2, 0.25) is 0 Å². The lowest BCUT2D eigenvalue weighted by Crippen LogP contribution is -2.25. The summed E-state index contributed by atoms with van der Waals surface area (Å²) in [5.41, 5.74) is -0.625. The Kier molecular flexibility index (Phi) is 7.50. The van der Waals surface area contributed by atoms with Crippen molar-refractivity contribution in [1.29, 1.82) is 0 Å². The summed E-state index contributed by atoms with van der Waals surface area (Å²) < 4.78 is 55.8. The fraction of sp³-hybridized carbons (Fsp3) is 0.276. The van der Waals surface area contributed by atoms with Gasteiger partial charge in [-0.3, -0.25) is 0 Å². The average Bonchev–Trinajstić information content (AvgIpc) is 3.30. The van der Waals surface area contributed by atoms with Gasteiger partial charge in [0.15, 0.2) is 9.84 Å². The van der Waals surface area contributed by atoms with Crippen molar-refractivity contribution >= 4 is 21.4 Å². The summed E-state index contributed by atoms with van der Waals surface area (Å²) in [4.78, 5) is 4.38. The summed E-state index contributed by atoms with van der Waals surface area (Å²) in [6, 6.07) is 13.7. The highest BCUT2D eigenvalue weighted by Crippen LogP contribution is 2.38. The number of aliphatic hydroxyl groups is 2. The molecule has 1 aromatic heterocycles. The highest BCUT2D eigenvalue weighted by Gasteiger charge is 2.34. The van der Waals surface area contributed by atoms with Crippen molar-refractivity contribution in [3.8, 4) is 16.8 Å². The molecule has 0 radical (unpaired) electrons. The van der Waals surface area contributed by atoms with Crippen molar-refractivity contribution in [2.24, 2.45) is 0 Å². The summed E-state index contributed by atoms with van der Waals surface area (Å²) in [5, 5.41) is 20.4. The number of hydrogen-bond acceptors (Lipinski definition) is 5. The van der Waals surface area contributed by atoms with Gasteiger partial charge in [0.1, 0.15) is 23.1 Å². The molecule has 4 rings (SSSR count). The Morgan fingerprint density at radius 3 is 2.21 bits per heavy atom. The second kappa shape index (κ2) is 10.1. The van der Waals surface area contributed by atoms with E-state index in [9.17, 15) is 27.4 Å². The molecule has 0 bridgehead atoms. The van der Waals surface area contributed by atoms with Crippen LogP contribution in [0.15, 0.2) is 65.7 Å². The van der Waals surface area contributed by atoms with Crippen molar-refractivity contribution in [3.05, 3.63) is 100 Å². The first-order chi connectivity index (χ1) is 18.1. The molecule has 10 heteroatoms. The number of hydrogen-bond donors (Lipinski definition) is 2. The first kappa shape index (κ1) is 28.9. The highest BCUT2D eigenvalue weighted by molar-refractivity contribution is 7.90. The smallest absolute Gasteiger partial charge is 0.176 e. The summed E-state index contributed by atoms with van der Waals surface area (Å²) in [6.45, 7) is 6.05. The normalized spacial score (nSPS) is 12.7. The second-order valence-electron chi connectivity index (χ2n) is 10.5. The van der Waals surface area contributed by atoms with Gasteiger partial charge in [-0.15, -0.1) is 0 Å². The monoisotopic (exact) mass is 574 g/mol. The maximum Gasteiger partial charge on any atom is 0.176 e. The minimum Gasteiger partial charge on any atom is -0.392 e. The summed E-state index contributed by atoms with van der Waals surface area (Å²) in [7, 11) is -3.82. The van der Waals surface area contributed by atoms with Crippen LogP contribution < -0.4 is 0 Å². The molecule has 39 heavy (non-hydrogen) atoms. The van der Waals surface area contributed by atoms with Crippen molar-refractivity contribution in [2.45, 2.75) is 50.2 Å². The van der Waals surface area contributed by atoms with Crippen LogP contribution in [0.4, 0.5) is 8.78 Å². The number of aliphatic hydroxyl groups excluding tert-OH is 1. The second-order valence-corrected chi connectivity index (χ2v) is 12.9. The van der Waals surface area contributed by atoms with E-state index in [1.165, 1.54) is 12.1 Å². The molecule has 2 N–H and O–H groups in total. The van der Waals surface area contributed by atoms with Gasteiger partial charge < -0.3 is 14.8 Å². The Bertz CT molecular complexity index is 1680. The predicted octanol–water partition coefficient (Wildman–Crippen LogP) is 5.92. The van der Waals surface area contributed by atoms with Crippen LogP contribution in [0.1, 0.15) is 50.3 Å². The zero-order valence-corrected chi connectivity index (χ0v) is 23.7. The van der Waals surface area contributed by atoms with E-state index in [1.54, 1.807) is 61.0 Å². The van der Waals surface area contributed by atoms with Crippen molar-refractivity contribution in [2.75, 3.05) is 6.26 Å². The SMILES string of the molecule is CC(C)(O)c1cn(-c2ccc(-c3cc(F)c(CO)c(S(C)(=O)=O)c3)cc2Cl)c(C(C)(C)c2ccccc2F)n1. The Morgan fingerprint density at radius 2 is 1.64 bits per heavy atom. The highest BCUT2D eigenvalue weighted by atomic mass is 35.5.